The third kappa shape index (κ3) is 3.11. The van der Waals surface area contributed by atoms with Crippen molar-refractivity contribution in [1.82, 2.24) is 9.80 Å². The number of nitriles is 1. The molecule has 0 spiro atoms. The van der Waals surface area contributed by atoms with Crippen LogP contribution in [-0.4, -0.2) is 54.6 Å². The van der Waals surface area contributed by atoms with Gasteiger partial charge in [0, 0.05) is 12.6 Å². The van der Waals surface area contributed by atoms with Crippen LogP contribution in [0.25, 0.3) is 0 Å². The Morgan fingerprint density at radius 1 is 1.24 bits per heavy atom. The predicted molar refractivity (Wildman–Crippen MR) is 84.7 cm³/mol. The highest BCUT2D eigenvalue weighted by Gasteiger charge is 2.40. The first-order valence-electron chi connectivity index (χ1n) is 8.75. The van der Waals surface area contributed by atoms with Crippen LogP contribution in [0.2, 0.25) is 0 Å². The van der Waals surface area contributed by atoms with Crippen molar-refractivity contribution in [2.75, 3.05) is 33.2 Å². The topological polar surface area (TPSA) is 56.3 Å². The van der Waals surface area contributed by atoms with Crippen molar-refractivity contribution in [2.45, 2.75) is 56.5 Å². The van der Waals surface area contributed by atoms with E-state index >= 15 is 0 Å². The maximum atomic E-state index is 9.32. The third-order valence-electron chi connectivity index (χ3n) is 6.30. The maximum Gasteiger partial charge on any atom is 0.107 e. The average Bonchev–Trinajstić information content (AvgIpc) is 2.87. The van der Waals surface area contributed by atoms with Gasteiger partial charge in [-0.15, -0.1) is 0 Å². The van der Waals surface area contributed by atoms with Crippen LogP contribution in [0.15, 0.2) is 0 Å². The Labute approximate surface area is 129 Å². The lowest BCUT2D eigenvalue weighted by molar-refractivity contribution is 0.0359. The summed E-state index contributed by atoms with van der Waals surface area (Å²) in [6.07, 6.45) is 8.35. The third-order valence-corrected chi connectivity index (χ3v) is 6.30. The molecule has 21 heavy (non-hydrogen) atoms. The second-order valence-electron chi connectivity index (χ2n) is 7.57. The van der Waals surface area contributed by atoms with Gasteiger partial charge in [-0.05, 0) is 77.0 Å². The largest absolute Gasteiger partial charge is 0.313 e. The number of hydrogen-bond donors (Lipinski definition) is 1. The maximum absolute atomic E-state index is 9.32. The average molecular weight is 290 g/mol. The Bertz CT molecular complexity index is 404. The van der Waals surface area contributed by atoms with E-state index in [0.717, 1.165) is 44.2 Å². The van der Waals surface area contributed by atoms with Crippen molar-refractivity contribution < 1.29 is 0 Å². The highest BCUT2D eigenvalue weighted by atomic mass is 15.2. The number of rotatable bonds is 3. The molecule has 4 nitrogen and oxygen atoms in total. The highest BCUT2D eigenvalue weighted by molar-refractivity contribution is 5.12. The van der Waals surface area contributed by atoms with Crippen LogP contribution in [0.1, 0.15) is 44.9 Å². The number of fused-ring (bicyclic) bond motifs is 1. The number of hydrogen-bond acceptors (Lipinski definition) is 4. The molecule has 2 heterocycles. The van der Waals surface area contributed by atoms with Gasteiger partial charge in [0.1, 0.15) is 5.54 Å². The van der Waals surface area contributed by atoms with Gasteiger partial charge in [-0.2, -0.15) is 5.26 Å². The van der Waals surface area contributed by atoms with Crippen molar-refractivity contribution >= 4 is 0 Å². The molecule has 2 aliphatic heterocycles. The fourth-order valence-corrected chi connectivity index (χ4v) is 4.92. The van der Waals surface area contributed by atoms with E-state index in [0.29, 0.717) is 5.92 Å². The summed E-state index contributed by atoms with van der Waals surface area (Å²) in [4.78, 5) is 5.21. The van der Waals surface area contributed by atoms with Crippen LogP contribution in [-0.2, 0) is 0 Å². The van der Waals surface area contributed by atoms with E-state index < -0.39 is 5.54 Å². The molecule has 0 aromatic carbocycles. The van der Waals surface area contributed by atoms with Gasteiger partial charge in [0.25, 0.3) is 0 Å². The van der Waals surface area contributed by atoms with Gasteiger partial charge in [-0.1, -0.05) is 6.42 Å². The molecule has 0 radical (unpaired) electrons. The first kappa shape index (κ1) is 15.3. The van der Waals surface area contributed by atoms with E-state index in [9.17, 15) is 5.26 Å². The van der Waals surface area contributed by atoms with Gasteiger partial charge in [-0.25, -0.2) is 0 Å². The van der Waals surface area contributed by atoms with Gasteiger partial charge in [-0.3, -0.25) is 0 Å². The zero-order valence-electron chi connectivity index (χ0n) is 13.4. The molecule has 1 saturated carbocycles. The molecular formula is C17H30N4. The lowest BCUT2D eigenvalue weighted by atomic mass is 9.83. The smallest absolute Gasteiger partial charge is 0.107 e. The molecule has 118 valence electrons. The predicted octanol–water partition coefficient (Wildman–Crippen LogP) is 1.81. The van der Waals surface area contributed by atoms with E-state index in [1.807, 2.05) is 0 Å². The van der Waals surface area contributed by atoms with Crippen LogP contribution >= 0.6 is 0 Å². The first-order chi connectivity index (χ1) is 10.1. The van der Waals surface area contributed by atoms with Crippen LogP contribution < -0.4 is 5.73 Å². The van der Waals surface area contributed by atoms with Crippen molar-refractivity contribution in [3.8, 4) is 6.07 Å². The fourth-order valence-electron chi connectivity index (χ4n) is 4.92. The summed E-state index contributed by atoms with van der Waals surface area (Å²) in [7, 11) is 2.29. The minimum Gasteiger partial charge on any atom is -0.313 e. The molecule has 1 aliphatic carbocycles. The second kappa shape index (κ2) is 6.24. The van der Waals surface area contributed by atoms with Gasteiger partial charge in [0.05, 0.1) is 6.07 Å². The standard InChI is InChI=1S/C17H30N4/c1-20-9-3-4-14-12-21(11-7-16(14)20)10-6-15-5-2-8-17(15,19)13-18/h14-16H,2-12,19H2,1H3. The van der Waals surface area contributed by atoms with Crippen molar-refractivity contribution in [1.29, 1.82) is 5.26 Å². The molecule has 0 amide bonds. The van der Waals surface area contributed by atoms with Crippen LogP contribution in [0.3, 0.4) is 0 Å². The summed E-state index contributed by atoms with van der Waals surface area (Å²) in [5, 5.41) is 9.32. The molecule has 3 rings (SSSR count). The lowest BCUT2D eigenvalue weighted by Gasteiger charge is -2.46. The lowest BCUT2D eigenvalue weighted by Crippen LogP contribution is -2.53. The van der Waals surface area contributed by atoms with Crippen molar-refractivity contribution in [3.05, 3.63) is 0 Å². The summed E-state index contributed by atoms with van der Waals surface area (Å²) in [6, 6.07) is 3.20. The normalized spacial score (nSPS) is 41.7. The first-order valence-corrected chi connectivity index (χ1v) is 8.75. The molecule has 2 N–H and O–H groups in total. The van der Waals surface area contributed by atoms with E-state index in [4.69, 9.17) is 5.73 Å². The van der Waals surface area contributed by atoms with Crippen molar-refractivity contribution in [2.24, 2.45) is 17.6 Å². The molecule has 3 aliphatic rings. The zero-order valence-corrected chi connectivity index (χ0v) is 13.4. The molecule has 0 aromatic heterocycles. The number of nitrogens with two attached hydrogens (primary N) is 1. The minimum absolute atomic E-state index is 0.411. The van der Waals surface area contributed by atoms with Crippen LogP contribution in [0.5, 0.6) is 0 Å². The van der Waals surface area contributed by atoms with Crippen LogP contribution in [0.4, 0.5) is 0 Å². The molecule has 0 bridgehead atoms. The van der Waals surface area contributed by atoms with E-state index in [1.165, 1.54) is 38.9 Å². The van der Waals surface area contributed by atoms with Crippen molar-refractivity contribution in [3.63, 3.8) is 0 Å². The fraction of sp³-hybridized carbons (Fsp3) is 0.941. The Kier molecular flexibility index (Phi) is 4.54. The molecular weight excluding hydrogens is 260 g/mol. The molecule has 0 aromatic rings. The van der Waals surface area contributed by atoms with Gasteiger partial charge in [0.15, 0.2) is 0 Å². The number of nitrogens with zero attached hydrogens (tertiary/aromatic N) is 3. The quantitative estimate of drug-likeness (QED) is 0.861. The van der Waals surface area contributed by atoms with E-state index in [-0.39, 0.29) is 0 Å². The number of piperidine rings is 2. The highest BCUT2D eigenvalue weighted by Crippen LogP contribution is 2.36. The zero-order chi connectivity index (χ0) is 14.9. The second-order valence-corrected chi connectivity index (χ2v) is 7.57. The monoisotopic (exact) mass is 290 g/mol. The number of likely N-dealkylation sites (tertiary alicyclic amines) is 2. The summed E-state index contributed by atoms with van der Waals surface area (Å²) in [5.41, 5.74) is 5.72. The summed E-state index contributed by atoms with van der Waals surface area (Å²) >= 11 is 0. The molecule has 4 atom stereocenters. The van der Waals surface area contributed by atoms with E-state index in [1.54, 1.807) is 0 Å². The molecule has 2 saturated heterocycles. The summed E-state index contributed by atoms with van der Waals surface area (Å²) < 4.78 is 0. The molecule has 4 unspecified atom stereocenters. The Hall–Kier alpha value is -0.630. The van der Waals surface area contributed by atoms with Crippen LogP contribution in [0, 0.1) is 23.2 Å². The SMILES string of the molecule is CN1CCCC2CN(CCC3CCCC3(N)C#N)CCC21. The molecule has 4 heteroatoms. The Morgan fingerprint density at radius 3 is 2.90 bits per heavy atom. The van der Waals surface area contributed by atoms with E-state index in [2.05, 4.69) is 22.9 Å². The minimum atomic E-state index is -0.538. The van der Waals surface area contributed by atoms with Gasteiger partial charge in [0.2, 0.25) is 0 Å². The Morgan fingerprint density at radius 2 is 2.10 bits per heavy atom. The Balaban J connectivity index is 1.50. The summed E-state index contributed by atoms with van der Waals surface area (Å²) in [6.45, 7) is 4.90. The summed E-state index contributed by atoms with van der Waals surface area (Å²) in [5.74, 6) is 1.27. The van der Waals surface area contributed by atoms with Gasteiger partial charge >= 0.3 is 0 Å². The van der Waals surface area contributed by atoms with Gasteiger partial charge < -0.3 is 15.5 Å². The molecule has 3 fully saturated rings.